The molecule has 100 valence electrons. The molecule has 0 unspecified atom stereocenters. The Labute approximate surface area is 109 Å². The third-order valence-corrected chi connectivity index (χ3v) is 3.45. The van der Waals surface area contributed by atoms with Gasteiger partial charge in [-0.05, 0) is 25.0 Å². The summed E-state index contributed by atoms with van der Waals surface area (Å²) in [5.74, 6) is 1.72. The van der Waals surface area contributed by atoms with Crippen molar-refractivity contribution in [3.63, 3.8) is 0 Å². The summed E-state index contributed by atoms with van der Waals surface area (Å²) >= 11 is 0. The van der Waals surface area contributed by atoms with Gasteiger partial charge in [0, 0.05) is 18.7 Å². The van der Waals surface area contributed by atoms with Crippen molar-refractivity contribution < 1.29 is 9.47 Å². The average molecular weight is 249 g/mol. The number of methoxy groups -OCH3 is 1. The van der Waals surface area contributed by atoms with E-state index in [0.717, 1.165) is 18.0 Å². The molecule has 2 rings (SSSR count). The van der Waals surface area contributed by atoms with Crippen molar-refractivity contribution in [1.82, 2.24) is 5.32 Å². The number of rotatable bonds is 6. The van der Waals surface area contributed by atoms with Crippen LogP contribution in [-0.4, -0.2) is 26.3 Å². The van der Waals surface area contributed by atoms with Crippen LogP contribution in [0, 0.1) is 0 Å². The van der Waals surface area contributed by atoms with Crippen LogP contribution in [0.2, 0.25) is 0 Å². The van der Waals surface area contributed by atoms with Gasteiger partial charge in [-0.1, -0.05) is 25.3 Å². The van der Waals surface area contributed by atoms with Gasteiger partial charge in [0.25, 0.3) is 0 Å². The standard InChI is InChI=1S/C15H23NO2/c1-17-14-8-5-9-15(12-14)18-11-10-16-13-6-3-2-4-7-13/h5,8-9,12-13,16H,2-4,6-7,10-11H2,1H3. The molecule has 1 aliphatic rings. The third kappa shape index (κ3) is 4.22. The molecule has 3 nitrogen and oxygen atoms in total. The van der Waals surface area contributed by atoms with Crippen molar-refractivity contribution >= 4 is 0 Å². The van der Waals surface area contributed by atoms with Crippen LogP contribution in [0.25, 0.3) is 0 Å². The highest BCUT2D eigenvalue weighted by atomic mass is 16.5. The Balaban J connectivity index is 1.65. The van der Waals surface area contributed by atoms with Gasteiger partial charge in [-0.15, -0.1) is 0 Å². The van der Waals surface area contributed by atoms with Crippen LogP contribution in [0.4, 0.5) is 0 Å². The van der Waals surface area contributed by atoms with Crippen molar-refractivity contribution in [3.05, 3.63) is 24.3 Å². The fourth-order valence-corrected chi connectivity index (χ4v) is 2.43. The molecule has 1 aromatic carbocycles. The summed E-state index contributed by atoms with van der Waals surface area (Å²) in [5, 5.41) is 3.56. The Bertz CT molecular complexity index is 348. The maximum atomic E-state index is 5.70. The van der Waals surface area contributed by atoms with E-state index in [2.05, 4.69) is 5.32 Å². The number of ether oxygens (including phenoxy) is 2. The molecule has 0 radical (unpaired) electrons. The van der Waals surface area contributed by atoms with Crippen LogP contribution in [0.15, 0.2) is 24.3 Å². The molecule has 1 fully saturated rings. The van der Waals surface area contributed by atoms with Crippen LogP contribution in [0.5, 0.6) is 11.5 Å². The van der Waals surface area contributed by atoms with Gasteiger partial charge in [0.1, 0.15) is 18.1 Å². The van der Waals surface area contributed by atoms with Gasteiger partial charge in [-0.25, -0.2) is 0 Å². The number of benzene rings is 1. The van der Waals surface area contributed by atoms with E-state index in [1.807, 2.05) is 24.3 Å². The minimum absolute atomic E-state index is 0.702. The molecule has 18 heavy (non-hydrogen) atoms. The molecule has 0 aliphatic heterocycles. The molecule has 0 bridgehead atoms. The zero-order valence-corrected chi connectivity index (χ0v) is 11.2. The zero-order valence-electron chi connectivity index (χ0n) is 11.2. The highest BCUT2D eigenvalue weighted by Gasteiger charge is 2.11. The molecule has 0 saturated heterocycles. The van der Waals surface area contributed by atoms with E-state index in [0.29, 0.717) is 12.6 Å². The van der Waals surface area contributed by atoms with Crippen LogP contribution in [0.1, 0.15) is 32.1 Å². The zero-order chi connectivity index (χ0) is 12.6. The molecule has 3 heteroatoms. The topological polar surface area (TPSA) is 30.5 Å². The number of hydrogen-bond acceptors (Lipinski definition) is 3. The van der Waals surface area contributed by atoms with Gasteiger partial charge in [-0.2, -0.15) is 0 Å². The van der Waals surface area contributed by atoms with E-state index in [4.69, 9.17) is 9.47 Å². The summed E-state index contributed by atoms with van der Waals surface area (Å²) in [5.41, 5.74) is 0. The van der Waals surface area contributed by atoms with Crippen molar-refractivity contribution in [2.45, 2.75) is 38.1 Å². The number of nitrogens with one attached hydrogen (secondary N) is 1. The Hall–Kier alpha value is -1.22. The molecule has 1 aromatic rings. The fraction of sp³-hybridized carbons (Fsp3) is 0.600. The van der Waals surface area contributed by atoms with Crippen LogP contribution >= 0.6 is 0 Å². The average Bonchev–Trinajstić information content (AvgIpc) is 2.45. The van der Waals surface area contributed by atoms with E-state index in [1.165, 1.54) is 32.1 Å². The fourth-order valence-electron chi connectivity index (χ4n) is 2.43. The summed E-state index contributed by atoms with van der Waals surface area (Å²) < 4.78 is 10.9. The highest BCUT2D eigenvalue weighted by Crippen LogP contribution is 2.19. The lowest BCUT2D eigenvalue weighted by molar-refractivity contribution is 0.288. The predicted octanol–water partition coefficient (Wildman–Crippen LogP) is 3.00. The lowest BCUT2D eigenvalue weighted by Crippen LogP contribution is -2.34. The highest BCUT2D eigenvalue weighted by molar-refractivity contribution is 5.32. The molecular formula is C15H23NO2. The molecule has 0 amide bonds. The first-order valence-corrected chi connectivity index (χ1v) is 6.89. The van der Waals surface area contributed by atoms with Crippen molar-refractivity contribution in [1.29, 1.82) is 0 Å². The summed E-state index contributed by atoms with van der Waals surface area (Å²) in [4.78, 5) is 0. The molecule has 1 aliphatic carbocycles. The molecule has 1 saturated carbocycles. The van der Waals surface area contributed by atoms with Crippen LogP contribution in [-0.2, 0) is 0 Å². The second kappa shape index (κ2) is 7.27. The molecular weight excluding hydrogens is 226 g/mol. The van der Waals surface area contributed by atoms with E-state index >= 15 is 0 Å². The molecule has 0 spiro atoms. The van der Waals surface area contributed by atoms with Gasteiger partial charge < -0.3 is 14.8 Å². The minimum Gasteiger partial charge on any atom is -0.497 e. The summed E-state index contributed by atoms with van der Waals surface area (Å²) in [6, 6.07) is 8.45. The molecule has 0 aromatic heterocycles. The first-order chi connectivity index (χ1) is 8.88. The molecule has 0 heterocycles. The second-order valence-electron chi connectivity index (χ2n) is 4.82. The summed E-state index contributed by atoms with van der Waals surface area (Å²) in [7, 11) is 1.67. The van der Waals surface area contributed by atoms with Gasteiger partial charge in [0.2, 0.25) is 0 Å². The van der Waals surface area contributed by atoms with Gasteiger partial charge in [-0.3, -0.25) is 0 Å². The molecule has 1 N–H and O–H groups in total. The Morgan fingerprint density at radius 3 is 2.72 bits per heavy atom. The van der Waals surface area contributed by atoms with Crippen LogP contribution in [0.3, 0.4) is 0 Å². The summed E-state index contributed by atoms with van der Waals surface area (Å²) in [6.45, 7) is 1.63. The Morgan fingerprint density at radius 2 is 1.94 bits per heavy atom. The Morgan fingerprint density at radius 1 is 1.17 bits per heavy atom. The van der Waals surface area contributed by atoms with Gasteiger partial charge in [0.15, 0.2) is 0 Å². The maximum Gasteiger partial charge on any atom is 0.123 e. The van der Waals surface area contributed by atoms with E-state index in [9.17, 15) is 0 Å². The normalized spacial score (nSPS) is 16.5. The maximum absolute atomic E-state index is 5.70. The number of hydrogen-bond donors (Lipinski definition) is 1. The van der Waals surface area contributed by atoms with Crippen LogP contribution < -0.4 is 14.8 Å². The monoisotopic (exact) mass is 249 g/mol. The van der Waals surface area contributed by atoms with E-state index in [1.54, 1.807) is 7.11 Å². The van der Waals surface area contributed by atoms with Crippen molar-refractivity contribution in [2.75, 3.05) is 20.3 Å². The van der Waals surface area contributed by atoms with E-state index < -0.39 is 0 Å². The van der Waals surface area contributed by atoms with Gasteiger partial charge >= 0.3 is 0 Å². The van der Waals surface area contributed by atoms with Crippen molar-refractivity contribution in [3.8, 4) is 11.5 Å². The smallest absolute Gasteiger partial charge is 0.123 e. The van der Waals surface area contributed by atoms with Crippen molar-refractivity contribution in [2.24, 2.45) is 0 Å². The quantitative estimate of drug-likeness (QED) is 0.786. The lowest BCUT2D eigenvalue weighted by atomic mass is 9.96. The lowest BCUT2D eigenvalue weighted by Gasteiger charge is -2.22. The minimum atomic E-state index is 0.702. The van der Waals surface area contributed by atoms with E-state index in [-0.39, 0.29) is 0 Å². The first-order valence-electron chi connectivity index (χ1n) is 6.89. The summed E-state index contributed by atoms with van der Waals surface area (Å²) in [6.07, 6.45) is 6.78. The Kier molecular flexibility index (Phi) is 5.34. The first kappa shape index (κ1) is 13.2. The predicted molar refractivity (Wildman–Crippen MR) is 73.4 cm³/mol. The molecule has 0 atom stereocenters. The second-order valence-corrected chi connectivity index (χ2v) is 4.82. The largest absolute Gasteiger partial charge is 0.497 e. The SMILES string of the molecule is COc1cccc(OCCNC2CCCCC2)c1. The third-order valence-electron chi connectivity index (χ3n) is 3.45. The van der Waals surface area contributed by atoms with Gasteiger partial charge in [0.05, 0.1) is 7.11 Å².